The van der Waals surface area contributed by atoms with E-state index in [0.29, 0.717) is 0 Å². The van der Waals surface area contributed by atoms with Crippen molar-refractivity contribution >= 4 is 5.91 Å². The summed E-state index contributed by atoms with van der Waals surface area (Å²) in [5.41, 5.74) is 1.03. The Bertz CT molecular complexity index is 558. The minimum atomic E-state index is -0.174. The highest BCUT2D eigenvalue weighted by atomic mass is 16.2. The lowest BCUT2D eigenvalue weighted by molar-refractivity contribution is -0.122. The molecule has 1 N–H and O–H groups in total. The summed E-state index contributed by atoms with van der Waals surface area (Å²) in [6.45, 7) is 6.82. The van der Waals surface area contributed by atoms with Gasteiger partial charge in [0.2, 0.25) is 5.91 Å². The average Bonchev–Trinajstić information content (AvgIpc) is 2.97. The topological polar surface area (TPSA) is 77.6 Å². The van der Waals surface area contributed by atoms with Gasteiger partial charge in [0.15, 0.2) is 5.82 Å². The molecule has 0 unspecified atom stereocenters. The molecule has 0 saturated carbocycles. The largest absolute Gasteiger partial charge is 0.345 e. The highest BCUT2D eigenvalue weighted by molar-refractivity contribution is 5.76. The molecule has 1 amide bonds. The number of carbonyl (C=O) groups excluding carboxylic acids is 1. The van der Waals surface area contributed by atoms with Crippen molar-refractivity contribution in [1.82, 2.24) is 29.9 Å². The summed E-state index contributed by atoms with van der Waals surface area (Å²) < 4.78 is 3.52. The van der Waals surface area contributed by atoms with Gasteiger partial charge in [-0.3, -0.25) is 9.48 Å². The molecule has 0 aliphatic heterocycles. The fourth-order valence-corrected chi connectivity index (χ4v) is 1.90. The number of rotatable bonds is 5. The molecule has 0 aliphatic carbocycles. The summed E-state index contributed by atoms with van der Waals surface area (Å²) in [6, 6.07) is -0.174. The van der Waals surface area contributed by atoms with Gasteiger partial charge >= 0.3 is 0 Å². The van der Waals surface area contributed by atoms with Gasteiger partial charge in [-0.25, -0.2) is 0 Å². The second-order valence-electron chi connectivity index (χ2n) is 4.48. The zero-order chi connectivity index (χ0) is 13.8. The van der Waals surface area contributed by atoms with Gasteiger partial charge in [0.05, 0.1) is 12.2 Å². The van der Waals surface area contributed by atoms with Gasteiger partial charge in [-0.05, 0) is 26.3 Å². The third-order valence-electron chi connectivity index (χ3n) is 2.82. The zero-order valence-electron chi connectivity index (χ0n) is 11.4. The number of aryl methyl sites for hydroxylation is 2. The molecule has 0 saturated heterocycles. The molecular formula is C12H18N6O. The minimum absolute atomic E-state index is 0.0961. The van der Waals surface area contributed by atoms with Gasteiger partial charge in [-0.1, -0.05) is 0 Å². The Balaban J connectivity index is 1.95. The van der Waals surface area contributed by atoms with Gasteiger partial charge < -0.3 is 9.88 Å². The molecule has 7 heteroatoms. The molecule has 0 fully saturated rings. The predicted octanol–water partition coefficient (Wildman–Crippen LogP) is 0.680. The first kappa shape index (κ1) is 13.3. The van der Waals surface area contributed by atoms with Crippen molar-refractivity contribution in [2.24, 2.45) is 0 Å². The Hall–Kier alpha value is -2.18. The van der Waals surface area contributed by atoms with Gasteiger partial charge in [0, 0.05) is 12.7 Å². The second-order valence-corrected chi connectivity index (χ2v) is 4.48. The maximum atomic E-state index is 11.9. The molecule has 1 atom stereocenters. The predicted molar refractivity (Wildman–Crippen MR) is 69.2 cm³/mol. The van der Waals surface area contributed by atoms with E-state index in [4.69, 9.17) is 0 Å². The van der Waals surface area contributed by atoms with Gasteiger partial charge in [0.1, 0.15) is 12.9 Å². The van der Waals surface area contributed by atoms with E-state index in [1.54, 1.807) is 17.2 Å². The van der Waals surface area contributed by atoms with Crippen LogP contribution in [0.1, 0.15) is 31.3 Å². The number of nitrogens with one attached hydrogen (secondary N) is 1. The van der Waals surface area contributed by atoms with E-state index in [1.807, 2.05) is 31.5 Å². The summed E-state index contributed by atoms with van der Waals surface area (Å²) in [6.07, 6.45) is 5.22. The van der Waals surface area contributed by atoms with Gasteiger partial charge in [-0.2, -0.15) is 5.10 Å². The molecule has 0 spiro atoms. The number of hydrogen-bond donors (Lipinski definition) is 1. The number of aromatic nitrogens is 5. The number of nitrogens with zero attached hydrogens (tertiary/aromatic N) is 5. The maximum Gasteiger partial charge on any atom is 0.242 e. The monoisotopic (exact) mass is 262 g/mol. The van der Waals surface area contributed by atoms with Crippen molar-refractivity contribution < 1.29 is 4.79 Å². The molecule has 0 bridgehead atoms. The third kappa shape index (κ3) is 3.18. The van der Waals surface area contributed by atoms with Crippen LogP contribution in [-0.4, -0.2) is 30.5 Å². The highest BCUT2D eigenvalue weighted by Gasteiger charge is 2.15. The normalized spacial score (nSPS) is 12.4. The quantitative estimate of drug-likeness (QED) is 0.859. The first-order chi connectivity index (χ1) is 9.10. The summed E-state index contributed by atoms with van der Waals surface area (Å²) in [5, 5.41) is 14.9. The van der Waals surface area contributed by atoms with Crippen LogP contribution in [0, 0.1) is 6.92 Å². The van der Waals surface area contributed by atoms with Gasteiger partial charge in [-0.15, -0.1) is 10.2 Å². The molecular weight excluding hydrogens is 244 g/mol. The van der Waals surface area contributed by atoms with Crippen molar-refractivity contribution in [1.29, 1.82) is 0 Å². The van der Waals surface area contributed by atoms with Crippen LogP contribution in [0.15, 0.2) is 18.7 Å². The van der Waals surface area contributed by atoms with Crippen LogP contribution in [-0.2, 0) is 17.9 Å². The summed E-state index contributed by atoms with van der Waals surface area (Å²) >= 11 is 0. The Kier molecular flexibility index (Phi) is 3.94. The molecule has 7 nitrogen and oxygen atoms in total. The third-order valence-corrected chi connectivity index (χ3v) is 2.82. The van der Waals surface area contributed by atoms with E-state index in [1.165, 1.54) is 0 Å². The Morgan fingerprint density at radius 1 is 1.53 bits per heavy atom. The standard InChI is InChI=1S/C12H18N6O/c1-4-17-8-13-16-12(17)10(3)15-11(19)7-18-6-9(2)5-14-18/h5-6,8,10H,4,7H2,1-3H3,(H,15,19)/t10-/m1/s1. The van der Waals surface area contributed by atoms with Crippen LogP contribution in [0.4, 0.5) is 0 Å². The van der Waals surface area contributed by atoms with Crippen molar-refractivity contribution in [3.8, 4) is 0 Å². The molecule has 102 valence electrons. The molecule has 0 radical (unpaired) electrons. The average molecular weight is 262 g/mol. The molecule has 2 heterocycles. The van der Waals surface area contributed by atoms with Crippen LogP contribution in [0.3, 0.4) is 0 Å². The van der Waals surface area contributed by atoms with E-state index in [9.17, 15) is 4.79 Å². The molecule has 0 aromatic carbocycles. The van der Waals surface area contributed by atoms with Crippen LogP contribution >= 0.6 is 0 Å². The van der Waals surface area contributed by atoms with Gasteiger partial charge in [0.25, 0.3) is 0 Å². The highest BCUT2D eigenvalue weighted by Crippen LogP contribution is 2.08. The Morgan fingerprint density at radius 2 is 2.32 bits per heavy atom. The van der Waals surface area contributed by atoms with E-state index in [0.717, 1.165) is 17.9 Å². The SMILES string of the molecule is CCn1cnnc1[C@@H](C)NC(=O)Cn1cc(C)cn1. The summed E-state index contributed by atoms with van der Waals surface area (Å²) in [7, 11) is 0. The Morgan fingerprint density at radius 3 is 2.95 bits per heavy atom. The van der Waals surface area contributed by atoms with E-state index >= 15 is 0 Å². The fraction of sp³-hybridized carbons (Fsp3) is 0.500. The minimum Gasteiger partial charge on any atom is -0.345 e. The van der Waals surface area contributed by atoms with Crippen LogP contribution in [0.2, 0.25) is 0 Å². The lowest BCUT2D eigenvalue weighted by Gasteiger charge is -2.13. The first-order valence-electron chi connectivity index (χ1n) is 6.26. The van der Waals surface area contributed by atoms with Crippen LogP contribution < -0.4 is 5.32 Å². The van der Waals surface area contributed by atoms with Crippen molar-refractivity contribution in [3.63, 3.8) is 0 Å². The summed E-state index contributed by atoms with van der Waals surface area (Å²) in [4.78, 5) is 11.9. The smallest absolute Gasteiger partial charge is 0.242 e. The molecule has 0 aliphatic rings. The van der Waals surface area contributed by atoms with Crippen molar-refractivity contribution in [3.05, 3.63) is 30.1 Å². The molecule has 2 aromatic rings. The lowest BCUT2D eigenvalue weighted by atomic mass is 10.3. The fourth-order valence-electron chi connectivity index (χ4n) is 1.90. The maximum absolute atomic E-state index is 11.9. The Labute approximate surface area is 111 Å². The zero-order valence-corrected chi connectivity index (χ0v) is 11.4. The van der Waals surface area contributed by atoms with Crippen LogP contribution in [0.25, 0.3) is 0 Å². The van der Waals surface area contributed by atoms with Crippen molar-refractivity contribution in [2.45, 2.75) is 39.9 Å². The number of hydrogen-bond acceptors (Lipinski definition) is 4. The first-order valence-corrected chi connectivity index (χ1v) is 6.26. The number of carbonyl (C=O) groups is 1. The molecule has 2 aromatic heterocycles. The molecule has 19 heavy (non-hydrogen) atoms. The number of amides is 1. The van der Waals surface area contributed by atoms with E-state index < -0.39 is 0 Å². The van der Waals surface area contributed by atoms with E-state index in [-0.39, 0.29) is 18.5 Å². The second kappa shape index (κ2) is 5.64. The summed E-state index contributed by atoms with van der Waals surface area (Å²) in [5.74, 6) is 0.661. The van der Waals surface area contributed by atoms with Crippen molar-refractivity contribution in [2.75, 3.05) is 0 Å². The lowest BCUT2D eigenvalue weighted by Crippen LogP contribution is -2.31. The van der Waals surface area contributed by atoms with Crippen LogP contribution in [0.5, 0.6) is 0 Å². The molecule has 2 rings (SSSR count). The van der Waals surface area contributed by atoms with E-state index in [2.05, 4.69) is 20.6 Å².